The van der Waals surface area contributed by atoms with Gasteiger partial charge in [-0.2, -0.15) is 18.4 Å². The molecule has 1 N–H and O–H groups in total. The van der Waals surface area contributed by atoms with Gasteiger partial charge in [-0.1, -0.05) is 20.8 Å². The van der Waals surface area contributed by atoms with Gasteiger partial charge in [0.05, 0.1) is 5.69 Å². The number of aromatic nitrogens is 2. The Bertz CT molecular complexity index is 1130. The number of rotatable bonds is 3. The van der Waals surface area contributed by atoms with E-state index in [0.717, 1.165) is 16.5 Å². The van der Waals surface area contributed by atoms with E-state index in [9.17, 15) is 36.8 Å². The summed E-state index contributed by atoms with van der Waals surface area (Å²) in [7, 11) is 0. The van der Waals surface area contributed by atoms with E-state index in [-0.39, 0.29) is 41.9 Å². The molecule has 2 aromatic heterocycles. The maximum Gasteiger partial charge on any atom is 0.435 e. The molecule has 2 heterocycles. The summed E-state index contributed by atoms with van der Waals surface area (Å²) in [6.07, 6.45) is -5.75. The van der Waals surface area contributed by atoms with Crippen LogP contribution in [0.3, 0.4) is 0 Å². The summed E-state index contributed by atoms with van der Waals surface area (Å²) in [6, 6.07) is 3.93. The Morgan fingerprint density at radius 3 is 2.33 bits per heavy atom. The fraction of sp³-hybridized carbons (Fsp3) is 0.545. The Labute approximate surface area is 186 Å². The first-order chi connectivity index (χ1) is 15.1. The number of halogens is 5. The van der Waals surface area contributed by atoms with Crippen LogP contribution in [0.2, 0.25) is 0 Å². The number of hydrogen-bond donors (Lipinski definition) is 1. The van der Waals surface area contributed by atoms with E-state index < -0.39 is 53.8 Å². The minimum absolute atomic E-state index is 0.0504. The summed E-state index contributed by atoms with van der Waals surface area (Å²) in [5, 5.41) is 11.7. The van der Waals surface area contributed by atoms with Crippen LogP contribution < -0.4 is 5.32 Å². The van der Waals surface area contributed by atoms with Crippen LogP contribution in [0.15, 0.2) is 12.1 Å². The monoisotopic (exact) mass is 470 g/mol. The molecule has 0 bridgehead atoms. The largest absolute Gasteiger partial charge is 0.435 e. The molecule has 0 atom stereocenters. The van der Waals surface area contributed by atoms with Crippen LogP contribution in [0.4, 0.5) is 22.0 Å². The second kappa shape index (κ2) is 8.39. The van der Waals surface area contributed by atoms with E-state index >= 15 is 0 Å². The molecule has 0 unspecified atom stereocenters. The van der Waals surface area contributed by atoms with Crippen molar-refractivity contribution in [2.24, 2.45) is 11.3 Å². The summed E-state index contributed by atoms with van der Waals surface area (Å²) in [5.41, 5.74) is -3.18. The summed E-state index contributed by atoms with van der Waals surface area (Å²) in [6.45, 7) is 4.74. The number of imide groups is 1. The highest BCUT2D eigenvalue weighted by molar-refractivity contribution is 6.06. The van der Waals surface area contributed by atoms with Crippen molar-refractivity contribution < 1.29 is 31.5 Å². The molecule has 0 saturated heterocycles. The predicted octanol–water partition coefficient (Wildman–Crippen LogP) is 4.90. The van der Waals surface area contributed by atoms with Gasteiger partial charge in [0.2, 0.25) is 11.8 Å². The maximum atomic E-state index is 13.8. The van der Waals surface area contributed by atoms with Crippen LogP contribution in [-0.2, 0) is 17.4 Å². The van der Waals surface area contributed by atoms with Crippen molar-refractivity contribution >= 4 is 17.5 Å². The Morgan fingerprint density at radius 2 is 1.82 bits per heavy atom. The fourth-order valence-corrected chi connectivity index (χ4v) is 3.80. The Morgan fingerprint density at radius 1 is 1.21 bits per heavy atom. The minimum Gasteiger partial charge on any atom is -0.292 e. The first kappa shape index (κ1) is 24.6. The fourth-order valence-electron chi connectivity index (χ4n) is 3.80. The lowest BCUT2D eigenvalue weighted by molar-refractivity contribution is -0.141. The van der Waals surface area contributed by atoms with Gasteiger partial charge in [-0.3, -0.25) is 19.3 Å². The third kappa shape index (κ3) is 5.31. The standard InChI is InChI=1S/C22H23F5N4O2/c1-20(2,3)19(33)30-18(32)13-9-14(11-28)31-15(8-12-4-6-21(23,24)7-5-12)17(22(25,26)27)29-16(31)10-13/h9-10,12H,4-8H2,1-3H3,(H,30,32,33). The number of nitriles is 1. The molecule has 0 radical (unpaired) electrons. The van der Waals surface area contributed by atoms with Crippen LogP contribution in [0, 0.1) is 22.7 Å². The molecule has 33 heavy (non-hydrogen) atoms. The number of imidazole rings is 1. The number of carbonyl (C=O) groups excluding carboxylic acids is 2. The zero-order chi connectivity index (χ0) is 24.8. The summed E-state index contributed by atoms with van der Waals surface area (Å²) in [5.74, 6) is -4.72. The topological polar surface area (TPSA) is 87.3 Å². The molecule has 6 nitrogen and oxygen atoms in total. The Hall–Kier alpha value is -3.03. The van der Waals surface area contributed by atoms with Crippen LogP contribution in [-0.4, -0.2) is 27.1 Å². The Balaban J connectivity index is 2.05. The van der Waals surface area contributed by atoms with Crippen molar-refractivity contribution in [1.82, 2.24) is 14.7 Å². The van der Waals surface area contributed by atoms with Crippen molar-refractivity contribution in [1.29, 1.82) is 5.26 Å². The lowest BCUT2D eigenvalue weighted by Gasteiger charge is -2.28. The number of alkyl halides is 5. The molecule has 1 fully saturated rings. The van der Waals surface area contributed by atoms with Gasteiger partial charge in [0, 0.05) is 23.8 Å². The highest BCUT2D eigenvalue weighted by Gasteiger charge is 2.41. The van der Waals surface area contributed by atoms with Gasteiger partial charge in [0.15, 0.2) is 5.69 Å². The van der Waals surface area contributed by atoms with Gasteiger partial charge in [0.1, 0.15) is 17.4 Å². The molecule has 1 saturated carbocycles. The zero-order valence-corrected chi connectivity index (χ0v) is 18.3. The van der Waals surface area contributed by atoms with Crippen LogP contribution in [0.5, 0.6) is 0 Å². The van der Waals surface area contributed by atoms with Crippen molar-refractivity contribution in [2.75, 3.05) is 0 Å². The number of nitrogens with zero attached hydrogens (tertiary/aromatic N) is 3. The third-order valence-corrected chi connectivity index (χ3v) is 5.69. The maximum absolute atomic E-state index is 13.8. The van der Waals surface area contributed by atoms with Crippen LogP contribution in [0.1, 0.15) is 73.9 Å². The number of carbonyl (C=O) groups is 2. The van der Waals surface area contributed by atoms with E-state index in [1.165, 1.54) is 0 Å². The third-order valence-electron chi connectivity index (χ3n) is 5.69. The molecule has 178 valence electrons. The molecule has 0 spiro atoms. The SMILES string of the molecule is CC(C)(C)C(=O)NC(=O)c1cc(C#N)n2c(CC3CCC(F)(F)CC3)c(C(F)(F)F)nc2c1. The van der Waals surface area contributed by atoms with E-state index in [1.54, 1.807) is 26.8 Å². The second-order valence-corrected chi connectivity index (χ2v) is 9.38. The molecule has 3 rings (SSSR count). The highest BCUT2D eigenvalue weighted by atomic mass is 19.4. The smallest absolute Gasteiger partial charge is 0.292 e. The Kier molecular flexibility index (Phi) is 6.26. The van der Waals surface area contributed by atoms with E-state index in [2.05, 4.69) is 10.3 Å². The summed E-state index contributed by atoms with van der Waals surface area (Å²) >= 11 is 0. The lowest BCUT2D eigenvalue weighted by Crippen LogP contribution is -2.39. The second-order valence-electron chi connectivity index (χ2n) is 9.38. The molecular formula is C22H23F5N4O2. The first-order valence-electron chi connectivity index (χ1n) is 10.4. The van der Waals surface area contributed by atoms with Crippen molar-refractivity contribution in [3.05, 3.63) is 34.8 Å². The molecular weight excluding hydrogens is 447 g/mol. The van der Waals surface area contributed by atoms with Gasteiger partial charge in [-0.15, -0.1) is 0 Å². The molecule has 11 heteroatoms. The number of pyridine rings is 1. The number of amides is 2. The number of fused-ring (bicyclic) bond motifs is 1. The molecule has 1 aliphatic rings. The highest BCUT2D eigenvalue weighted by Crippen LogP contribution is 2.40. The van der Waals surface area contributed by atoms with E-state index in [0.29, 0.717) is 0 Å². The van der Waals surface area contributed by atoms with Crippen molar-refractivity contribution in [3.8, 4) is 6.07 Å². The molecule has 0 aliphatic heterocycles. The van der Waals surface area contributed by atoms with Crippen molar-refractivity contribution in [3.63, 3.8) is 0 Å². The predicted molar refractivity (Wildman–Crippen MR) is 107 cm³/mol. The zero-order valence-electron chi connectivity index (χ0n) is 18.3. The van der Waals surface area contributed by atoms with Crippen molar-refractivity contribution in [2.45, 2.75) is 65.0 Å². The minimum atomic E-state index is -4.85. The van der Waals surface area contributed by atoms with Gasteiger partial charge in [0.25, 0.3) is 5.91 Å². The van der Waals surface area contributed by atoms with Crippen LogP contribution >= 0.6 is 0 Å². The summed E-state index contributed by atoms with van der Waals surface area (Å²) in [4.78, 5) is 28.2. The van der Waals surface area contributed by atoms with Gasteiger partial charge in [-0.05, 0) is 37.3 Å². The lowest BCUT2D eigenvalue weighted by atomic mass is 9.83. The van der Waals surface area contributed by atoms with E-state index in [4.69, 9.17) is 0 Å². The van der Waals surface area contributed by atoms with Crippen LogP contribution in [0.25, 0.3) is 5.65 Å². The molecule has 0 aromatic carbocycles. The average molecular weight is 470 g/mol. The molecule has 2 aromatic rings. The average Bonchev–Trinajstić information content (AvgIpc) is 3.07. The van der Waals surface area contributed by atoms with Gasteiger partial charge >= 0.3 is 6.18 Å². The number of hydrogen-bond acceptors (Lipinski definition) is 4. The quantitative estimate of drug-likeness (QED) is 0.647. The molecule has 2 amide bonds. The number of nitrogens with one attached hydrogen (secondary N) is 1. The molecule has 1 aliphatic carbocycles. The first-order valence-corrected chi connectivity index (χ1v) is 10.4. The van der Waals surface area contributed by atoms with Gasteiger partial charge < -0.3 is 0 Å². The normalized spacial score (nSPS) is 17.1. The van der Waals surface area contributed by atoms with Gasteiger partial charge in [-0.25, -0.2) is 13.8 Å². The summed E-state index contributed by atoms with van der Waals surface area (Å²) < 4.78 is 69.2. The van der Waals surface area contributed by atoms with E-state index in [1.807, 2.05) is 0 Å².